The molecule has 3 heterocycles. The molecule has 1 fully saturated rings. The van der Waals surface area contributed by atoms with E-state index in [9.17, 15) is 18.0 Å². The Morgan fingerprint density at radius 1 is 0.967 bits per heavy atom. The average molecular weight is 513 g/mol. The number of anilines is 2. The number of aryl methyl sites for hydroxylation is 2. The van der Waals surface area contributed by atoms with E-state index in [1.54, 1.807) is 25.2 Å². The van der Waals surface area contributed by atoms with E-state index >= 15 is 0 Å². The van der Waals surface area contributed by atoms with Crippen molar-refractivity contribution in [1.29, 1.82) is 0 Å². The number of rotatable bonds is 4. The van der Waals surface area contributed by atoms with Gasteiger partial charge in [-0.3, -0.25) is 14.3 Å². The van der Waals surface area contributed by atoms with Crippen LogP contribution >= 0.6 is 27.3 Å². The Labute approximate surface area is 185 Å². The Bertz CT molecular complexity index is 1350. The predicted molar refractivity (Wildman–Crippen MR) is 123 cm³/mol. The van der Waals surface area contributed by atoms with Gasteiger partial charge in [0, 0.05) is 27.2 Å². The van der Waals surface area contributed by atoms with Crippen molar-refractivity contribution < 1.29 is 8.42 Å². The fraction of sp³-hybridized carbons (Fsp3) is 0.368. The molecule has 0 saturated carbocycles. The molecule has 0 amide bonds. The third kappa shape index (κ3) is 3.69. The molecule has 1 saturated heterocycles. The minimum atomic E-state index is -3.81. The maximum absolute atomic E-state index is 13.0. The van der Waals surface area contributed by atoms with Crippen molar-refractivity contribution in [3.63, 3.8) is 0 Å². The Balaban J connectivity index is 1.94. The highest BCUT2D eigenvalue weighted by molar-refractivity contribution is 9.11. The van der Waals surface area contributed by atoms with Crippen LogP contribution in [-0.2, 0) is 24.1 Å². The van der Waals surface area contributed by atoms with Gasteiger partial charge in [0.15, 0.2) is 0 Å². The second-order valence-electron chi connectivity index (χ2n) is 7.30. The van der Waals surface area contributed by atoms with Gasteiger partial charge >= 0.3 is 11.1 Å². The van der Waals surface area contributed by atoms with Crippen LogP contribution in [0.2, 0.25) is 0 Å². The first-order valence-electron chi connectivity index (χ1n) is 9.46. The molecule has 1 aliphatic rings. The fourth-order valence-corrected chi connectivity index (χ4v) is 6.80. The number of fused-ring (bicyclic) bond motifs is 1. The normalized spacial score (nSPS) is 15.0. The molecular formula is C19H21BrN4O4S2. The number of sulfonamides is 1. The number of hydrogen-bond acceptors (Lipinski definition) is 6. The van der Waals surface area contributed by atoms with E-state index in [-0.39, 0.29) is 4.21 Å². The molecule has 30 heavy (non-hydrogen) atoms. The van der Waals surface area contributed by atoms with Crippen molar-refractivity contribution in [2.75, 3.05) is 22.7 Å². The van der Waals surface area contributed by atoms with Crippen molar-refractivity contribution in [2.24, 2.45) is 14.1 Å². The summed E-state index contributed by atoms with van der Waals surface area (Å²) < 4.78 is 32.2. The van der Waals surface area contributed by atoms with Crippen LogP contribution in [0.1, 0.15) is 19.3 Å². The summed E-state index contributed by atoms with van der Waals surface area (Å²) in [4.78, 5) is 26.7. The molecule has 4 rings (SSSR count). The maximum Gasteiger partial charge on any atom is 0.316 e. The zero-order valence-corrected chi connectivity index (χ0v) is 19.7. The molecule has 8 nitrogen and oxygen atoms in total. The molecule has 11 heteroatoms. The first-order valence-corrected chi connectivity index (χ1v) is 12.6. The second-order valence-corrected chi connectivity index (χ2v) is 11.7. The third-order valence-electron chi connectivity index (χ3n) is 5.36. The molecular weight excluding hydrogens is 492 g/mol. The molecule has 1 N–H and O–H groups in total. The third-order valence-corrected chi connectivity index (χ3v) is 8.84. The largest absolute Gasteiger partial charge is 0.370 e. The zero-order valence-electron chi connectivity index (χ0n) is 16.5. The van der Waals surface area contributed by atoms with Crippen molar-refractivity contribution in [2.45, 2.75) is 23.5 Å². The smallest absolute Gasteiger partial charge is 0.316 e. The van der Waals surface area contributed by atoms with Crippen molar-refractivity contribution in [3.8, 4) is 0 Å². The van der Waals surface area contributed by atoms with Crippen molar-refractivity contribution in [3.05, 3.63) is 48.8 Å². The first kappa shape index (κ1) is 21.1. The molecule has 0 unspecified atom stereocenters. The van der Waals surface area contributed by atoms with E-state index in [1.165, 1.54) is 22.2 Å². The van der Waals surface area contributed by atoms with Crippen LogP contribution in [0.15, 0.2) is 41.9 Å². The van der Waals surface area contributed by atoms with E-state index in [1.807, 2.05) is 0 Å². The average Bonchev–Trinajstić information content (AvgIpc) is 3.18. The summed E-state index contributed by atoms with van der Waals surface area (Å²) in [7, 11) is -0.738. The van der Waals surface area contributed by atoms with E-state index in [4.69, 9.17) is 0 Å². The van der Waals surface area contributed by atoms with E-state index in [2.05, 4.69) is 25.6 Å². The molecule has 0 bridgehead atoms. The summed E-state index contributed by atoms with van der Waals surface area (Å²) >= 11 is 4.42. The highest BCUT2D eigenvalue weighted by Crippen LogP contribution is 2.35. The number of benzene rings is 1. The van der Waals surface area contributed by atoms with Crippen LogP contribution in [0.3, 0.4) is 0 Å². The molecule has 0 atom stereocenters. The van der Waals surface area contributed by atoms with Crippen molar-refractivity contribution in [1.82, 2.24) is 9.13 Å². The minimum Gasteiger partial charge on any atom is -0.370 e. The lowest BCUT2D eigenvalue weighted by atomic mass is 10.1. The van der Waals surface area contributed by atoms with Crippen LogP contribution in [0.5, 0.6) is 0 Å². The Hall–Kier alpha value is -2.11. The van der Waals surface area contributed by atoms with Gasteiger partial charge in [-0.05, 0) is 59.5 Å². The number of halogens is 1. The number of thiophene rings is 1. The lowest BCUT2D eigenvalue weighted by Gasteiger charge is -2.31. The lowest BCUT2D eigenvalue weighted by molar-refractivity contribution is 0.578. The van der Waals surface area contributed by atoms with Gasteiger partial charge in [0.1, 0.15) is 4.21 Å². The fourth-order valence-electron chi connectivity index (χ4n) is 3.72. The quantitative estimate of drug-likeness (QED) is 0.542. The predicted octanol–water partition coefficient (Wildman–Crippen LogP) is 2.85. The molecule has 0 aliphatic carbocycles. The standard InChI is InChI=1S/C19H21BrN4O4S2/c1-22-14-10-12(21-30(27,28)17-7-6-16(20)29-17)13(24-8-4-3-5-9-24)11-15(14)23(2)19(26)18(22)25/h6-7,10-11,21H,3-5,8-9H2,1-2H3. The Kier molecular flexibility index (Phi) is 5.54. The Morgan fingerprint density at radius 3 is 2.13 bits per heavy atom. The van der Waals surface area contributed by atoms with E-state index in [0.717, 1.165) is 47.5 Å². The molecule has 2 aromatic heterocycles. The maximum atomic E-state index is 13.0. The monoisotopic (exact) mass is 512 g/mol. The summed E-state index contributed by atoms with van der Waals surface area (Å²) in [6.45, 7) is 1.59. The summed E-state index contributed by atoms with van der Waals surface area (Å²) in [6.07, 6.45) is 3.14. The van der Waals surface area contributed by atoms with Gasteiger partial charge in [-0.2, -0.15) is 0 Å². The summed E-state index contributed by atoms with van der Waals surface area (Å²) in [6, 6.07) is 6.66. The van der Waals surface area contributed by atoms with Gasteiger partial charge in [0.2, 0.25) is 0 Å². The van der Waals surface area contributed by atoms with Crippen LogP contribution in [0, 0.1) is 0 Å². The molecule has 1 aliphatic heterocycles. The minimum absolute atomic E-state index is 0.188. The zero-order chi connectivity index (χ0) is 21.6. The Morgan fingerprint density at radius 2 is 1.57 bits per heavy atom. The number of piperidine rings is 1. The number of nitrogens with one attached hydrogen (secondary N) is 1. The van der Waals surface area contributed by atoms with Crippen LogP contribution in [0.4, 0.5) is 11.4 Å². The number of hydrogen-bond donors (Lipinski definition) is 1. The highest BCUT2D eigenvalue weighted by atomic mass is 79.9. The molecule has 1 aromatic carbocycles. The van der Waals surface area contributed by atoms with Crippen LogP contribution < -0.4 is 20.7 Å². The van der Waals surface area contributed by atoms with Gasteiger partial charge < -0.3 is 14.0 Å². The highest BCUT2D eigenvalue weighted by Gasteiger charge is 2.23. The van der Waals surface area contributed by atoms with E-state index in [0.29, 0.717) is 22.4 Å². The summed E-state index contributed by atoms with van der Waals surface area (Å²) in [5, 5.41) is 0. The van der Waals surface area contributed by atoms with Gasteiger partial charge in [-0.25, -0.2) is 8.42 Å². The molecule has 160 valence electrons. The number of aromatic nitrogens is 2. The topological polar surface area (TPSA) is 93.4 Å². The first-order chi connectivity index (χ1) is 14.2. The summed E-state index contributed by atoms with van der Waals surface area (Å²) in [5.74, 6) is 0. The van der Waals surface area contributed by atoms with E-state index < -0.39 is 21.1 Å². The molecule has 0 radical (unpaired) electrons. The van der Waals surface area contributed by atoms with Gasteiger partial charge in [-0.15, -0.1) is 11.3 Å². The van der Waals surface area contributed by atoms with Gasteiger partial charge in [-0.1, -0.05) is 0 Å². The molecule has 0 spiro atoms. The van der Waals surface area contributed by atoms with Crippen molar-refractivity contribution >= 4 is 59.7 Å². The second kappa shape index (κ2) is 7.86. The van der Waals surface area contributed by atoms with Crippen LogP contribution in [-0.4, -0.2) is 30.6 Å². The van der Waals surface area contributed by atoms with Gasteiger partial charge in [0.05, 0.1) is 26.2 Å². The van der Waals surface area contributed by atoms with Crippen LogP contribution in [0.25, 0.3) is 11.0 Å². The SMILES string of the molecule is Cn1c(=O)c(=O)n(C)c2cc(N3CCCCC3)c(NS(=O)(=O)c3ccc(Br)s3)cc21. The van der Waals surface area contributed by atoms with Gasteiger partial charge in [0.25, 0.3) is 10.0 Å². The lowest BCUT2D eigenvalue weighted by Crippen LogP contribution is -2.39. The summed E-state index contributed by atoms with van der Waals surface area (Å²) in [5.41, 5.74) is 0.869. The molecule has 3 aromatic rings. The number of nitrogens with zero attached hydrogens (tertiary/aromatic N) is 3.